The molecule has 20 heavy (non-hydrogen) atoms. The Hall–Kier alpha value is -2.21. The SMILES string of the molecule is CC(C)C(NCc1noc(-c2ccccc2)n1)C(=O)O. The highest BCUT2D eigenvalue weighted by molar-refractivity contribution is 5.73. The molecule has 0 saturated heterocycles. The van der Waals surface area contributed by atoms with Crippen LogP contribution in [0.1, 0.15) is 19.7 Å². The summed E-state index contributed by atoms with van der Waals surface area (Å²) in [4.78, 5) is 15.3. The summed E-state index contributed by atoms with van der Waals surface area (Å²) in [6.07, 6.45) is 0. The van der Waals surface area contributed by atoms with Crippen molar-refractivity contribution in [2.45, 2.75) is 26.4 Å². The van der Waals surface area contributed by atoms with Crippen molar-refractivity contribution in [1.82, 2.24) is 15.5 Å². The molecule has 1 heterocycles. The maximum absolute atomic E-state index is 11.1. The van der Waals surface area contributed by atoms with Gasteiger partial charge < -0.3 is 9.63 Å². The van der Waals surface area contributed by atoms with Gasteiger partial charge in [-0.3, -0.25) is 10.1 Å². The van der Waals surface area contributed by atoms with Gasteiger partial charge in [0, 0.05) is 5.56 Å². The quantitative estimate of drug-likeness (QED) is 0.837. The Balaban J connectivity index is 2.02. The first-order valence-electron chi connectivity index (χ1n) is 6.42. The van der Waals surface area contributed by atoms with Gasteiger partial charge >= 0.3 is 5.97 Å². The predicted molar refractivity (Wildman–Crippen MR) is 72.8 cm³/mol. The minimum absolute atomic E-state index is 0.0204. The van der Waals surface area contributed by atoms with Crippen LogP contribution in [0.2, 0.25) is 0 Å². The first kappa shape index (κ1) is 14.2. The lowest BCUT2D eigenvalue weighted by atomic mass is 10.1. The molecule has 1 aromatic heterocycles. The summed E-state index contributed by atoms with van der Waals surface area (Å²) in [5.74, 6) is -0.0330. The molecule has 0 saturated carbocycles. The normalized spacial score (nSPS) is 12.6. The molecule has 0 aliphatic carbocycles. The Morgan fingerprint density at radius 3 is 2.65 bits per heavy atom. The first-order chi connectivity index (χ1) is 9.58. The summed E-state index contributed by atoms with van der Waals surface area (Å²) in [6.45, 7) is 3.94. The van der Waals surface area contributed by atoms with E-state index < -0.39 is 12.0 Å². The average Bonchev–Trinajstić information content (AvgIpc) is 2.88. The van der Waals surface area contributed by atoms with Crippen molar-refractivity contribution in [2.24, 2.45) is 5.92 Å². The van der Waals surface area contributed by atoms with Gasteiger partial charge in [-0.25, -0.2) is 0 Å². The van der Waals surface area contributed by atoms with Crippen LogP contribution in [0.4, 0.5) is 0 Å². The maximum Gasteiger partial charge on any atom is 0.320 e. The summed E-state index contributed by atoms with van der Waals surface area (Å²) in [7, 11) is 0. The lowest BCUT2D eigenvalue weighted by Crippen LogP contribution is -2.40. The van der Waals surface area contributed by atoms with Crippen LogP contribution in [0.15, 0.2) is 34.9 Å². The maximum atomic E-state index is 11.1. The van der Waals surface area contributed by atoms with Gasteiger partial charge in [0.05, 0.1) is 6.54 Å². The Kier molecular flexibility index (Phi) is 4.47. The van der Waals surface area contributed by atoms with E-state index in [0.717, 1.165) is 5.56 Å². The van der Waals surface area contributed by atoms with Crippen LogP contribution in [-0.2, 0) is 11.3 Å². The number of carboxylic acids is 1. The summed E-state index contributed by atoms with van der Waals surface area (Å²) >= 11 is 0. The van der Waals surface area contributed by atoms with Gasteiger partial charge in [0.25, 0.3) is 5.89 Å². The van der Waals surface area contributed by atoms with Crippen LogP contribution in [0.5, 0.6) is 0 Å². The molecule has 6 nitrogen and oxygen atoms in total. The van der Waals surface area contributed by atoms with Crippen molar-refractivity contribution in [3.63, 3.8) is 0 Å². The van der Waals surface area contributed by atoms with E-state index in [1.54, 1.807) is 0 Å². The fraction of sp³-hybridized carbons (Fsp3) is 0.357. The van der Waals surface area contributed by atoms with Gasteiger partial charge in [0.1, 0.15) is 6.04 Å². The van der Waals surface area contributed by atoms with Crippen LogP contribution >= 0.6 is 0 Å². The Labute approximate surface area is 116 Å². The monoisotopic (exact) mass is 275 g/mol. The number of carboxylic acid groups (broad SMARTS) is 1. The molecular formula is C14H17N3O3. The third kappa shape index (κ3) is 3.42. The van der Waals surface area contributed by atoms with Gasteiger partial charge in [-0.2, -0.15) is 4.98 Å². The van der Waals surface area contributed by atoms with E-state index in [1.807, 2.05) is 44.2 Å². The predicted octanol–water partition coefficient (Wildman–Crippen LogP) is 1.94. The van der Waals surface area contributed by atoms with E-state index in [-0.39, 0.29) is 12.5 Å². The Bertz CT molecular complexity index is 566. The molecule has 6 heteroatoms. The van der Waals surface area contributed by atoms with E-state index in [1.165, 1.54) is 0 Å². The highest BCUT2D eigenvalue weighted by atomic mass is 16.5. The lowest BCUT2D eigenvalue weighted by molar-refractivity contribution is -0.140. The summed E-state index contributed by atoms with van der Waals surface area (Å²) in [6, 6.07) is 8.79. The molecular weight excluding hydrogens is 258 g/mol. The first-order valence-corrected chi connectivity index (χ1v) is 6.42. The third-order valence-electron chi connectivity index (χ3n) is 2.90. The van der Waals surface area contributed by atoms with Crippen molar-refractivity contribution in [2.75, 3.05) is 0 Å². The highest BCUT2D eigenvalue weighted by Crippen LogP contribution is 2.16. The number of aliphatic carboxylic acids is 1. The second-order valence-electron chi connectivity index (χ2n) is 4.82. The molecule has 0 aliphatic rings. The van der Waals surface area contributed by atoms with Gasteiger partial charge in [-0.1, -0.05) is 37.2 Å². The molecule has 0 aliphatic heterocycles. The second-order valence-corrected chi connectivity index (χ2v) is 4.82. The number of nitrogens with one attached hydrogen (secondary N) is 1. The number of benzene rings is 1. The molecule has 106 valence electrons. The number of rotatable bonds is 6. The van der Waals surface area contributed by atoms with Crippen LogP contribution in [0.3, 0.4) is 0 Å². The van der Waals surface area contributed by atoms with Gasteiger partial charge in [-0.15, -0.1) is 0 Å². The average molecular weight is 275 g/mol. The van der Waals surface area contributed by atoms with E-state index >= 15 is 0 Å². The molecule has 0 bridgehead atoms. The van der Waals surface area contributed by atoms with Crippen molar-refractivity contribution >= 4 is 5.97 Å². The summed E-state index contributed by atoms with van der Waals surface area (Å²) in [5.41, 5.74) is 0.838. The van der Waals surface area contributed by atoms with E-state index in [4.69, 9.17) is 9.63 Å². The smallest absolute Gasteiger partial charge is 0.320 e. The number of aromatic nitrogens is 2. The molecule has 2 aromatic rings. The van der Waals surface area contributed by atoms with Crippen molar-refractivity contribution < 1.29 is 14.4 Å². The Morgan fingerprint density at radius 1 is 1.35 bits per heavy atom. The van der Waals surface area contributed by atoms with Gasteiger partial charge in [-0.05, 0) is 18.1 Å². The van der Waals surface area contributed by atoms with Crippen molar-refractivity contribution in [1.29, 1.82) is 0 Å². The Morgan fingerprint density at radius 2 is 2.05 bits per heavy atom. The highest BCUT2D eigenvalue weighted by Gasteiger charge is 2.21. The molecule has 1 aromatic carbocycles. The van der Waals surface area contributed by atoms with Crippen LogP contribution < -0.4 is 5.32 Å². The van der Waals surface area contributed by atoms with Crippen molar-refractivity contribution in [3.8, 4) is 11.5 Å². The van der Waals surface area contributed by atoms with E-state index in [0.29, 0.717) is 11.7 Å². The number of hydrogen-bond donors (Lipinski definition) is 2. The van der Waals surface area contributed by atoms with E-state index in [2.05, 4.69) is 15.5 Å². The fourth-order valence-electron chi connectivity index (χ4n) is 1.83. The molecule has 0 amide bonds. The van der Waals surface area contributed by atoms with Crippen LogP contribution in [-0.4, -0.2) is 27.3 Å². The lowest BCUT2D eigenvalue weighted by Gasteiger charge is -2.16. The minimum atomic E-state index is -0.883. The van der Waals surface area contributed by atoms with E-state index in [9.17, 15) is 4.79 Å². The minimum Gasteiger partial charge on any atom is -0.480 e. The third-order valence-corrected chi connectivity index (χ3v) is 2.90. The van der Waals surface area contributed by atoms with Crippen molar-refractivity contribution in [3.05, 3.63) is 36.2 Å². The molecule has 2 N–H and O–H groups in total. The zero-order chi connectivity index (χ0) is 14.5. The zero-order valence-electron chi connectivity index (χ0n) is 11.4. The fourth-order valence-corrected chi connectivity index (χ4v) is 1.83. The van der Waals surface area contributed by atoms with Crippen LogP contribution in [0.25, 0.3) is 11.5 Å². The molecule has 1 unspecified atom stereocenters. The van der Waals surface area contributed by atoms with Gasteiger partial charge in [0.15, 0.2) is 5.82 Å². The largest absolute Gasteiger partial charge is 0.480 e. The number of nitrogens with zero attached hydrogens (tertiary/aromatic N) is 2. The number of hydrogen-bond acceptors (Lipinski definition) is 5. The zero-order valence-corrected chi connectivity index (χ0v) is 11.4. The van der Waals surface area contributed by atoms with Gasteiger partial charge in [0.2, 0.25) is 0 Å². The molecule has 0 fully saturated rings. The molecule has 0 radical (unpaired) electrons. The summed E-state index contributed by atoms with van der Waals surface area (Å²) < 4.78 is 5.16. The standard InChI is InChI=1S/C14H17N3O3/c1-9(2)12(14(18)19)15-8-11-16-13(20-17-11)10-6-4-3-5-7-10/h3-7,9,12,15H,8H2,1-2H3,(H,18,19). The summed E-state index contributed by atoms with van der Waals surface area (Å²) in [5, 5.41) is 15.8. The molecule has 1 atom stereocenters. The number of carbonyl (C=O) groups is 1. The topological polar surface area (TPSA) is 88.3 Å². The van der Waals surface area contributed by atoms with Crippen LogP contribution in [0, 0.1) is 5.92 Å². The second kappa shape index (κ2) is 6.29. The molecule has 0 spiro atoms. The molecule has 2 rings (SSSR count).